The number of benzene rings is 2. The molecule has 0 bridgehead atoms. The minimum absolute atomic E-state index is 0.0186. The number of rotatable bonds is 8. The van der Waals surface area contributed by atoms with Gasteiger partial charge in [-0.3, -0.25) is 0 Å². The molecule has 1 N–H and O–H groups in total. The Morgan fingerprint density at radius 1 is 0.897 bits per heavy atom. The predicted molar refractivity (Wildman–Crippen MR) is 123 cm³/mol. The molecule has 0 radical (unpaired) electrons. The molecule has 3 nitrogen and oxygen atoms in total. The van der Waals surface area contributed by atoms with Crippen molar-refractivity contribution < 1.29 is 8.84 Å². The summed E-state index contributed by atoms with van der Waals surface area (Å²) in [5.74, 6) is 1.21. The minimum atomic E-state index is -2.51. The highest BCUT2D eigenvalue weighted by Crippen LogP contribution is 2.37. The second-order valence-corrected chi connectivity index (χ2v) is 13.0. The molecule has 29 heavy (non-hydrogen) atoms. The van der Waals surface area contributed by atoms with Crippen LogP contribution in [-0.4, -0.2) is 22.0 Å². The molecule has 1 aromatic heterocycles. The lowest BCUT2D eigenvalue weighted by Gasteiger charge is -2.44. The smallest absolute Gasteiger partial charge is 0.261 e. The average molecular weight is 408 g/mol. The minimum Gasteiger partial charge on any atom is -0.468 e. The summed E-state index contributed by atoms with van der Waals surface area (Å²) in [6.07, 6.45) is 1.73. The Hall–Kier alpha value is -2.14. The maximum Gasteiger partial charge on any atom is 0.261 e. The van der Waals surface area contributed by atoms with Crippen LogP contribution in [0.2, 0.25) is 5.04 Å². The molecule has 2 atom stereocenters. The lowest BCUT2D eigenvalue weighted by atomic mass is 10.0. The molecule has 4 heteroatoms. The summed E-state index contributed by atoms with van der Waals surface area (Å²) in [4.78, 5) is 0. The van der Waals surface area contributed by atoms with Crippen LogP contribution in [0.5, 0.6) is 0 Å². The Kier molecular flexibility index (Phi) is 6.78. The van der Waals surface area contributed by atoms with E-state index in [4.69, 9.17) is 8.84 Å². The summed E-state index contributed by atoms with van der Waals surface area (Å²) in [6.45, 7) is 9.81. The molecular formula is C25H33NO2Si. The van der Waals surface area contributed by atoms with E-state index in [0.717, 1.165) is 5.76 Å². The molecule has 3 aromatic rings. The molecule has 0 aliphatic carbocycles. The van der Waals surface area contributed by atoms with Crippen molar-refractivity contribution in [1.29, 1.82) is 0 Å². The van der Waals surface area contributed by atoms with Crippen LogP contribution in [0.4, 0.5) is 0 Å². The standard InChI is InChI=1S/C25H33NO2Si/c1-20(24(26-5)23-17-12-18-27-23)19-28-29(25(2,3)4,21-13-8-6-9-14-21)22-15-10-7-11-16-22/h6-18,20,24,26H,19H2,1-5H3/t20-,24-/m0/s1. The molecule has 0 spiro atoms. The summed E-state index contributed by atoms with van der Waals surface area (Å²) in [7, 11) is -0.535. The fourth-order valence-corrected chi connectivity index (χ4v) is 8.96. The van der Waals surface area contributed by atoms with Crippen molar-refractivity contribution in [2.24, 2.45) is 5.92 Å². The van der Waals surface area contributed by atoms with Gasteiger partial charge in [0.25, 0.3) is 8.32 Å². The zero-order valence-corrected chi connectivity index (χ0v) is 19.2. The maximum atomic E-state index is 7.07. The SMILES string of the molecule is CN[C@H](c1ccco1)[C@@H](C)CO[Si](c1ccccc1)(c1ccccc1)C(C)(C)C. The van der Waals surface area contributed by atoms with Gasteiger partial charge in [-0.15, -0.1) is 0 Å². The first-order chi connectivity index (χ1) is 13.9. The molecule has 0 fully saturated rings. The fraction of sp³-hybridized carbons (Fsp3) is 0.360. The molecule has 154 valence electrons. The van der Waals surface area contributed by atoms with Crippen molar-refractivity contribution in [3.05, 3.63) is 84.8 Å². The van der Waals surface area contributed by atoms with Gasteiger partial charge in [-0.05, 0) is 34.6 Å². The second-order valence-electron chi connectivity index (χ2n) is 8.73. The molecule has 0 aliphatic rings. The Morgan fingerprint density at radius 3 is 1.86 bits per heavy atom. The first-order valence-electron chi connectivity index (χ1n) is 10.4. The van der Waals surface area contributed by atoms with Crippen molar-refractivity contribution >= 4 is 18.7 Å². The van der Waals surface area contributed by atoms with Crippen LogP contribution in [0, 0.1) is 5.92 Å². The molecule has 0 saturated carbocycles. The number of hydrogen-bond donors (Lipinski definition) is 1. The topological polar surface area (TPSA) is 34.4 Å². The summed E-state index contributed by atoms with van der Waals surface area (Å²) >= 11 is 0. The third-order valence-corrected chi connectivity index (χ3v) is 10.7. The molecule has 0 saturated heterocycles. The summed E-state index contributed by atoms with van der Waals surface area (Å²) in [6, 6.07) is 25.7. The zero-order valence-electron chi connectivity index (χ0n) is 18.2. The van der Waals surface area contributed by atoms with E-state index >= 15 is 0 Å². The van der Waals surface area contributed by atoms with Gasteiger partial charge in [0.05, 0.1) is 12.3 Å². The molecule has 2 aromatic carbocycles. The van der Waals surface area contributed by atoms with Crippen LogP contribution in [0.1, 0.15) is 39.5 Å². The van der Waals surface area contributed by atoms with Crippen molar-refractivity contribution in [3.8, 4) is 0 Å². The van der Waals surface area contributed by atoms with E-state index in [2.05, 4.69) is 93.7 Å². The van der Waals surface area contributed by atoms with Crippen molar-refractivity contribution in [3.63, 3.8) is 0 Å². The van der Waals surface area contributed by atoms with E-state index in [9.17, 15) is 0 Å². The van der Waals surface area contributed by atoms with Gasteiger partial charge >= 0.3 is 0 Å². The van der Waals surface area contributed by atoms with Gasteiger partial charge in [-0.2, -0.15) is 0 Å². The number of furan rings is 1. The average Bonchev–Trinajstić information content (AvgIpc) is 3.24. The molecule has 0 unspecified atom stereocenters. The number of nitrogens with one attached hydrogen (secondary N) is 1. The third-order valence-electron chi connectivity index (χ3n) is 5.71. The lowest BCUT2D eigenvalue weighted by Crippen LogP contribution is -2.67. The van der Waals surface area contributed by atoms with E-state index < -0.39 is 8.32 Å². The third kappa shape index (κ3) is 4.40. The van der Waals surface area contributed by atoms with Crippen molar-refractivity contribution in [1.82, 2.24) is 5.32 Å². The van der Waals surface area contributed by atoms with Gasteiger partial charge in [0.1, 0.15) is 5.76 Å². The summed E-state index contributed by atoms with van der Waals surface area (Å²) in [5.41, 5.74) is 0. The zero-order chi connectivity index (χ0) is 20.9. The van der Waals surface area contributed by atoms with E-state index in [1.54, 1.807) is 6.26 Å². The van der Waals surface area contributed by atoms with E-state index in [1.807, 2.05) is 19.2 Å². The summed E-state index contributed by atoms with van der Waals surface area (Å²) < 4.78 is 12.7. The van der Waals surface area contributed by atoms with E-state index in [-0.39, 0.29) is 17.0 Å². The van der Waals surface area contributed by atoms with E-state index in [0.29, 0.717) is 6.61 Å². The predicted octanol–water partition coefficient (Wildman–Crippen LogP) is 4.75. The highest BCUT2D eigenvalue weighted by Gasteiger charge is 2.50. The van der Waals surface area contributed by atoms with Gasteiger partial charge in [0.2, 0.25) is 0 Å². The Balaban J connectivity index is 2.00. The van der Waals surface area contributed by atoms with Gasteiger partial charge in [0, 0.05) is 12.5 Å². The molecule has 3 rings (SSSR count). The highest BCUT2D eigenvalue weighted by molar-refractivity contribution is 6.99. The first kappa shape index (κ1) is 21.6. The van der Waals surface area contributed by atoms with Crippen LogP contribution in [0.15, 0.2) is 83.5 Å². The van der Waals surface area contributed by atoms with Crippen molar-refractivity contribution in [2.45, 2.75) is 38.8 Å². The van der Waals surface area contributed by atoms with Crippen LogP contribution >= 0.6 is 0 Å². The Labute approximate surface area is 176 Å². The van der Waals surface area contributed by atoms with Crippen molar-refractivity contribution in [2.75, 3.05) is 13.7 Å². The molecule has 1 heterocycles. The monoisotopic (exact) mass is 407 g/mol. The normalized spacial score (nSPS) is 14.5. The van der Waals surface area contributed by atoms with Gasteiger partial charge in [-0.1, -0.05) is 88.4 Å². The van der Waals surface area contributed by atoms with Gasteiger partial charge in [0.15, 0.2) is 0 Å². The van der Waals surface area contributed by atoms with E-state index in [1.165, 1.54) is 10.4 Å². The largest absolute Gasteiger partial charge is 0.468 e. The van der Waals surface area contributed by atoms with Gasteiger partial charge in [-0.25, -0.2) is 0 Å². The molecule has 0 aliphatic heterocycles. The van der Waals surface area contributed by atoms with Crippen LogP contribution < -0.4 is 15.7 Å². The van der Waals surface area contributed by atoms with Crippen LogP contribution in [0.25, 0.3) is 0 Å². The quantitative estimate of drug-likeness (QED) is 0.547. The number of hydrogen-bond acceptors (Lipinski definition) is 3. The Morgan fingerprint density at radius 2 is 1.45 bits per heavy atom. The van der Waals surface area contributed by atoms with Crippen LogP contribution in [0.3, 0.4) is 0 Å². The molecular weight excluding hydrogens is 374 g/mol. The maximum absolute atomic E-state index is 7.07. The highest BCUT2D eigenvalue weighted by atomic mass is 28.4. The fourth-order valence-electron chi connectivity index (χ4n) is 4.29. The first-order valence-corrected chi connectivity index (χ1v) is 12.3. The molecule has 0 amide bonds. The van der Waals surface area contributed by atoms with Crippen LogP contribution in [-0.2, 0) is 4.43 Å². The lowest BCUT2D eigenvalue weighted by molar-refractivity contribution is 0.202. The second kappa shape index (κ2) is 9.12. The Bertz CT molecular complexity index is 817. The van der Waals surface area contributed by atoms with Gasteiger partial charge < -0.3 is 14.2 Å². The summed E-state index contributed by atoms with van der Waals surface area (Å²) in [5, 5.41) is 6.00.